The van der Waals surface area contributed by atoms with Gasteiger partial charge in [-0.15, -0.1) is 0 Å². The molecule has 0 saturated carbocycles. The number of nitrogens with zero attached hydrogens (tertiary/aromatic N) is 3. The molecule has 0 radical (unpaired) electrons. The normalized spacial score (nSPS) is 10.2. The number of hydrogen-bond acceptors (Lipinski definition) is 5. The molecule has 0 aliphatic carbocycles. The Morgan fingerprint density at radius 2 is 2.28 bits per heavy atom. The van der Waals surface area contributed by atoms with E-state index in [1.54, 1.807) is 12.1 Å². The average Bonchev–Trinajstić information content (AvgIpc) is 2.88. The lowest BCUT2D eigenvalue weighted by molar-refractivity contribution is 0.0953. The topological polar surface area (TPSA) is 110 Å². The molecule has 2 heterocycles. The smallest absolute Gasteiger partial charge is 0.252 e. The van der Waals surface area contributed by atoms with Gasteiger partial charge >= 0.3 is 0 Å². The average molecular weight is 246 g/mol. The summed E-state index contributed by atoms with van der Waals surface area (Å²) in [5.74, 6) is 1.07. The first kappa shape index (κ1) is 12.0. The van der Waals surface area contributed by atoms with Crippen molar-refractivity contribution in [2.45, 2.75) is 12.8 Å². The van der Waals surface area contributed by atoms with Crippen LogP contribution in [-0.4, -0.2) is 32.6 Å². The van der Waals surface area contributed by atoms with Gasteiger partial charge < -0.3 is 11.1 Å². The standard InChI is InChI=1S/C11H14N6O/c12-9-4-3-8(6-14-9)11(18)13-5-1-2-10-15-7-16-17-10/h3-4,6-7H,1-2,5H2,(H2,12,14)(H,13,18)(H,15,16,17). The first-order valence-electron chi connectivity index (χ1n) is 5.59. The lowest BCUT2D eigenvalue weighted by Gasteiger charge is -2.04. The number of carbonyl (C=O) groups excluding carboxylic acids is 1. The van der Waals surface area contributed by atoms with Crippen LogP contribution in [0.15, 0.2) is 24.7 Å². The van der Waals surface area contributed by atoms with E-state index in [1.165, 1.54) is 12.5 Å². The zero-order chi connectivity index (χ0) is 12.8. The van der Waals surface area contributed by atoms with Crippen LogP contribution in [0.2, 0.25) is 0 Å². The molecule has 7 heteroatoms. The second kappa shape index (κ2) is 5.76. The van der Waals surface area contributed by atoms with Crippen LogP contribution in [0.5, 0.6) is 0 Å². The Balaban J connectivity index is 1.73. The van der Waals surface area contributed by atoms with E-state index in [-0.39, 0.29) is 5.91 Å². The van der Waals surface area contributed by atoms with E-state index >= 15 is 0 Å². The van der Waals surface area contributed by atoms with Crippen molar-refractivity contribution in [3.8, 4) is 0 Å². The number of nitrogens with one attached hydrogen (secondary N) is 2. The van der Waals surface area contributed by atoms with Crippen LogP contribution in [0, 0.1) is 0 Å². The number of aryl methyl sites for hydroxylation is 1. The van der Waals surface area contributed by atoms with Crippen molar-refractivity contribution >= 4 is 11.7 Å². The number of amides is 1. The molecule has 0 saturated heterocycles. The lowest BCUT2D eigenvalue weighted by atomic mass is 10.2. The fourth-order valence-electron chi connectivity index (χ4n) is 1.45. The summed E-state index contributed by atoms with van der Waals surface area (Å²) in [5, 5.41) is 9.31. The summed E-state index contributed by atoms with van der Waals surface area (Å²) in [6, 6.07) is 3.25. The maximum Gasteiger partial charge on any atom is 0.252 e. The maximum atomic E-state index is 11.7. The fourth-order valence-corrected chi connectivity index (χ4v) is 1.45. The highest BCUT2D eigenvalue weighted by Crippen LogP contribution is 2.01. The Morgan fingerprint density at radius 1 is 1.39 bits per heavy atom. The number of carbonyl (C=O) groups is 1. The Morgan fingerprint density at radius 3 is 2.94 bits per heavy atom. The molecule has 0 atom stereocenters. The highest BCUT2D eigenvalue weighted by molar-refractivity contribution is 5.93. The van der Waals surface area contributed by atoms with E-state index in [0.717, 1.165) is 18.7 Å². The number of nitrogens with two attached hydrogens (primary N) is 1. The Hall–Kier alpha value is -2.44. The number of aromatic nitrogens is 4. The first-order chi connectivity index (χ1) is 8.75. The van der Waals surface area contributed by atoms with E-state index < -0.39 is 0 Å². The third-order valence-electron chi connectivity index (χ3n) is 2.39. The van der Waals surface area contributed by atoms with E-state index in [0.29, 0.717) is 17.9 Å². The number of H-pyrrole nitrogens is 1. The number of pyridine rings is 1. The zero-order valence-corrected chi connectivity index (χ0v) is 9.76. The summed E-state index contributed by atoms with van der Waals surface area (Å²) in [6.07, 6.45) is 4.47. The summed E-state index contributed by atoms with van der Waals surface area (Å²) in [6.45, 7) is 0.573. The van der Waals surface area contributed by atoms with Crippen LogP contribution in [0.4, 0.5) is 5.82 Å². The van der Waals surface area contributed by atoms with Crippen molar-refractivity contribution in [2.24, 2.45) is 0 Å². The summed E-state index contributed by atoms with van der Waals surface area (Å²) >= 11 is 0. The predicted octanol–water partition coefficient (Wildman–Crippen LogP) is 0.144. The molecule has 4 N–H and O–H groups in total. The van der Waals surface area contributed by atoms with Crippen LogP contribution in [0.25, 0.3) is 0 Å². The number of rotatable bonds is 5. The molecule has 2 aromatic heterocycles. The number of nitrogen functional groups attached to an aromatic ring is 1. The molecule has 0 unspecified atom stereocenters. The van der Waals surface area contributed by atoms with Gasteiger partial charge in [-0.2, -0.15) is 5.10 Å². The molecule has 0 aliphatic rings. The van der Waals surface area contributed by atoms with Gasteiger partial charge in [0, 0.05) is 19.2 Å². The van der Waals surface area contributed by atoms with Gasteiger partial charge in [0.25, 0.3) is 5.91 Å². The summed E-state index contributed by atoms with van der Waals surface area (Å²) in [4.78, 5) is 19.5. The minimum atomic E-state index is -0.153. The summed E-state index contributed by atoms with van der Waals surface area (Å²) in [5.41, 5.74) is 5.95. The molecule has 0 fully saturated rings. The number of hydrogen-bond donors (Lipinski definition) is 3. The third-order valence-corrected chi connectivity index (χ3v) is 2.39. The van der Waals surface area contributed by atoms with Crippen LogP contribution in [0.1, 0.15) is 22.6 Å². The second-order valence-electron chi connectivity index (χ2n) is 3.76. The molecule has 2 aromatic rings. The quantitative estimate of drug-likeness (QED) is 0.650. The Labute approximate surface area is 104 Å². The Bertz CT molecular complexity index is 493. The van der Waals surface area contributed by atoms with Crippen molar-refractivity contribution in [2.75, 3.05) is 12.3 Å². The zero-order valence-electron chi connectivity index (χ0n) is 9.76. The lowest BCUT2D eigenvalue weighted by Crippen LogP contribution is -2.25. The van der Waals surface area contributed by atoms with Gasteiger partial charge in [0.15, 0.2) is 0 Å². The molecule has 0 aliphatic heterocycles. The molecule has 18 heavy (non-hydrogen) atoms. The molecular formula is C11H14N6O. The highest BCUT2D eigenvalue weighted by Gasteiger charge is 2.04. The minimum absolute atomic E-state index is 0.153. The largest absolute Gasteiger partial charge is 0.384 e. The minimum Gasteiger partial charge on any atom is -0.384 e. The molecule has 94 valence electrons. The van der Waals surface area contributed by atoms with Crippen molar-refractivity contribution in [1.82, 2.24) is 25.5 Å². The van der Waals surface area contributed by atoms with Crippen molar-refractivity contribution in [1.29, 1.82) is 0 Å². The van der Waals surface area contributed by atoms with E-state index in [4.69, 9.17) is 5.73 Å². The molecular weight excluding hydrogens is 232 g/mol. The van der Waals surface area contributed by atoms with Gasteiger partial charge in [0.05, 0.1) is 5.56 Å². The van der Waals surface area contributed by atoms with Crippen LogP contribution in [-0.2, 0) is 6.42 Å². The van der Waals surface area contributed by atoms with Gasteiger partial charge in [-0.05, 0) is 18.6 Å². The first-order valence-corrected chi connectivity index (χ1v) is 5.59. The molecule has 0 aromatic carbocycles. The van der Waals surface area contributed by atoms with Crippen molar-refractivity contribution in [3.63, 3.8) is 0 Å². The maximum absolute atomic E-state index is 11.7. The second-order valence-corrected chi connectivity index (χ2v) is 3.76. The van der Waals surface area contributed by atoms with Crippen LogP contribution < -0.4 is 11.1 Å². The van der Waals surface area contributed by atoms with Crippen molar-refractivity contribution < 1.29 is 4.79 Å². The highest BCUT2D eigenvalue weighted by atomic mass is 16.1. The molecule has 0 spiro atoms. The van der Waals surface area contributed by atoms with E-state index in [2.05, 4.69) is 25.5 Å². The third kappa shape index (κ3) is 3.27. The van der Waals surface area contributed by atoms with Gasteiger partial charge in [-0.3, -0.25) is 9.89 Å². The van der Waals surface area contributed by atoms with Crippen molar-refractivity contribution in [3.05, 3.63) is 36.0 Å². The molecule has 1 amide bonds. The fraction of sp³-hybridized carbons (Fsp3) is 0.273. The van der Waals surface area contributed by atoms with E-state index in [9.17, 15) is 4.79 Å². The van der Waals surface area contributed by atoms with Crippen LogP contribution >= 0.6 is 0 Å². The van der Waals surface area contributed by atoms with Gasteiger partial charge in [-0.1, -0.05) is 0 Å². The van der Waals surface area contributed by atoms with Crippen LogP contribution in [0.3, 0.4) is 0 Å². The summed E-state index contributed by atoms with van der Waals surface area (Å²) < 4.78 is 0. The Kier molecular flexibility index (Phi) is 3.85. The molecule has 0 bridgehead atoms. The predicted molar refractivity (Wildman–Crippen MR) is 65.7 cm³/mol. The summed E-state index contributed by atoms with van der Waals surface area (Å²) in [7, 11) is 0. The monoisotopic (exact) mass is 246 g/mol. The van der Waals surface area contributed by atoms with Gasteiger partial charge in [-0.25, -0.2) is 9.97 Å². The molecule has 2 rings (SSSR count). The van der Waals surface area contributed by atoms with Gasteiger partial charge in [0.2, 0.25) is 0 Å². The van der Waals surface area contributed by atoms with E-state index in [1.807, 2.05) is 0 Å². The molecule has 7 nitrogen and oxygen atoms in total. The van der Waals surface area contributed by atoms with Gasteiger partial charge in [0.1, 0.15) is 18.0 Å². The number of anilines is 1. The SMILES string of the molecule is Nc1ccc(C(=O)NCCCc2ncn[nH]2)cn1. The number of aromatic amines is 1.